The van der Waals surface area contributed by atoms with E-state index in [-0.39, 0.29) is 39.5 Å². The third kappa shape index (κ3) is 8.80. The van der Waals surface area contributed by atoms with Crippen molar-refractivity contribution < 1.29 is 28.0 Å². The van der Waals surface area contributed by atoms with Crippen LogP contribution in [0.5, 0.6) is 11.5 Å². The van der Waals surface area contributed by atoms with E-state index in [1.807, 2.05) is 48.7 Å². The Bertz CT molecular complexity index is 2550. The van der Waals surface area contributed by atoms with Gasteiger partial charge in [-0.25, -0.2) is 0 Å². The molecule has 7 aromatic rings. The Balaban J connectivity index is 1.05. The van der Waals surface area contributed by atoms with Crippen LogP contribution in [0.1, 0.15) is 43.4 Å². The van der Waals surface area contributed by atoms with Gasteiger partial charge in [-0.05, 0) is 78.6 Å². The number of nitrogens with zero attached hydrogens (tertiary/aromatic N) is 4. The summed E-state index contributed by atoms with van der Waals surface area (Å²) in [5, 5.41) is 9.90. The standard InChI is InChI=1S/C43H38N6O7/c1-27-45-43(56-48-27)31-10-6-8-29(20-31)25-49(26-30-9-7-18-44-24-30)19-17-28-13-15-32(16-14-28)46-41(51)34-21-38(53-2)39(54-3)22-35(34)47-42(52)40-23-36(50)33-11-4-5-12-37(33)55-40/h4-16,18,20-24H,17,19,25-26H2,1-3H3,(H,46,51)(H,47,52). The average molecular weight is 751 g/mol. The monoisotopic (exact) mass is 750 g/mol. The number of rotatable bonds is 14. The highest BCUT2D eigenvalue weighted by molar-refractivity contribution is 6.12. The van der Waals surface area contributed by atoms with Gasteiger partial charge in [0.2, 0.25) is 0 Å². The first-order chi connectivity index (χ1) is 27.3. The van der Waals surface area contributed by atoms with E-state index in [9.17, 15) is 14.4 Å². The van der Waals surface area contributed by atoms with Crippen molar-refractivity contribution in [2.45, 2.75) is 26.4 Å². The minimum absolute atomic E-state index is 0.104. The summed E-state index contributed by atoms with van der Waals surface area (Å²) in [6.07, 6.45) is 4.38. The van der Waals surface area contributed by atoms with Crippen molar-refractivity contribution in [3.8, 4) is 23.0 Å². The molecule has 7 rings (SSSR count). The van der Waals surface area contributed by atoms with Crippen LogP contribution in [0.2, 0.25) is 0 Å². The highest BCUT2D eigenvalue weighted by Gasteiger charge is 2.21. The summed E-state index contributed by atoms with van der Waals surface area (Å²) in [6, 6.07) is 30.4. The molecule has 2 amide bonds. The Morgan fingerprint density at radius 2 is 1.55 bits per heavy atom. The molecule has 0 unspecified atom stereocenters. The maximum absolute atomic E-state index is 13.8. The maximum atomic E-state index is 13.8. The average Bonchev–Trinajstić information content (AvgIpc) is 3.66. The van der Waals surface area contributed by atoms with E-state index < -0.39 is 11.8 Å². The van der Waals surface area contributed by atoms with Crippen molar-refractivity contribution in [2.24, 2.45) is 0 Å². The van der Waals surface area contributed by atoms with Crippen LogP contribution in [0.3, 0.4) is 0 Å². The van der Waals surface area contributed by atoms with Crippen LogP contribution >= 0.6 is 0 Å². The van der Waals surface area contributed by atoms with Crippen LogP contribution in [-0.4, -0.2) is 52.6 Å². The number of nitrogens with one attached hydrogen (secondary N) is 2. The number of aromatic nitrogens is 3. The van der Waals surface area contributed by atoms with Gasteiger partial charge in [0, 0.05) is 55.4 Å². The van der Waals surface area contributed by atoms with E-state index in [1.54, 1.807) is 37.4 Å². The number of carbonyl (C=O) groups is 2. The first-order valence-electron chi connectivity index (χ1n) is 17.8. The number of methoxy groups -OCH3 is 2. The predicted molar refractivity (Wildman–Crippen MR) is 211 cm³/mol. The first kappa shape index (κ1) is 37.2. The van der Waals surface area contributed by atoms with E-state index >= 15 is 0 Å². The molecule has 0 atom stereocenters. The molecular weight excluding hydrogens is 713 g/mol. The molecule has 0 aliphatic rings. The van der Waals surface area contributed by atoms with Gasteiger partial charge in [-0.1, -0.05) is 47.6 Å². The van der Waals surface area contributed by atoms with Gasteiger partial charge in [-0.15, -0.1) is 0 Å². The Morgan fingerprint density at radius 1 is 0.786 bits per heavy atom. The van der Waals surface area contributed by atoms with Crippen molar-refractivity contribution >= 4 is 34.2 Å². The molecule has 4 aromatic carbocycles. The van der Waals surface area contributed by atoms with E-state index in [0.717, 1.165) is 41.3 Å². The maximum Gasteiger partial charge on any atom is 0.291 e. The fourth-order valence-electron chi connectivity index (χ4n) is 6.25. The lowest BCUT2D eigenvalue weighted by Gasteiger charge is -2.23. The molecule has 0 aliphatic heterocycles. The smallest absolute Gasteiger partial charge is 0.291 e. The predicted octanol–water partition coefficient (Wildman–Crippen LogP) is 7.31. The fraction of sp³-hybridized carbons (Fsp3) is 0.163. The lowest BCUT2D eigenvalue weighted by atomic mass is 10.1. The second kappa shape index (κ2) is 16.9. The Morgan fingerprint density at radius 3 is 2.30 bits per heavy atom. The molecule has 0 saturated carbocycles. The lowest BCUT2D eigenvalue weighted by Crippen LogP contribution is -2.25. The third-order valence-electron chi connectivity index (χ3n) is 9.04. The minimum Gasteiger partial charge on any atom is -0.493 e. The molecule has 282 valence electrons. The molecule has 0 aliphatic carbocycles. The zero-order chi connectivity index (χ0) is 39.0. The van der Waals surface area contributed by atoms with Crippen LogP contribution in [0.4, 0.5) is 11.4 Å². The number of ether oxygens (including phenoxy) is 2. The highest BCUT2D eigenvalue weighted by Crippen LogP contribution is 2.34. The number of amides is 2. The number of hydrogen-bond donors (Lipinski definition) is 2. The minimum atomic E-state index is -0.717. The van der Waals surface area contributed by atoms with Gasteiger partial charge >= 0.3 is 0 Å². The summed E-state index contributed by atoms with van der Waals surface area (Å²) in [4.78, 5) is 50.8. The molecule has 0 fully saturated rings. The van der Waals surface area contributed by atoms with Crippen molar-refractivity contribution in [1.29, 1.82) is 0 Å². The number of carbonyl (C=O) groups excluding carboxylic acids is 2. The molecule has 13 nitrogen and oxygen atoms in total. The van der Waals surface area contributed by atoms with Crippen molar-refractivity contribution in [3.63, 3.8) is 0 Å². The second-order valence-electron chi connectivity index (χ2n) is 13.0. The van der Waals surface area contributed by atoms with Gasteiger partial charge in [0.15, 0.2) is 28.5 Å². The number of para-hydroxylation sites is 1. The normalized spacial score (nSPS) is 11.1. The van der Waals surface area contributed by atoms with Crippen molar-refractivity contribution in [1.82, 2.24) is 20.0 Å². The molecule has 3 heterocycles. The number of benzene rings is 4. The summed E-state index contributed by atoms with van der Waals surface area (Å²) in [6.45, 7) is 3.92. The molecule has 13 heteroatoms. The second-order valence-corrected chi connectivity index (χ2v) is 13.0. The molecule has 0 spiro atoms. The molecule has 0 bridgehead atoms. The largest absolute Gasteiger partial charge is 0.493 e. The van der Waals surface area contributed by atoms with Gasteiger partial charge in [-0.2, -0.15) is 4.98 Å². The Hall–Kier alpha value is -7.12. The molecule has 0 saturated heterocycles. The van der Waals surface area contributed by atoms with Crippen LogP contribution in [0.25, 0.3) is 22.4 Å². The lowest BCUT2D eigenvalue weighted by molar-refractivity contribution is 0.0997. The van der Waals surface area contributed by atoms with E-state index in [1.165, 1.54) is 26.4 Å². The topological polar surface area (TPSA) is 162 Å². The van der Waals surface area contributed by atoms with E-state index in [2.05, 4.69) is 48.9 Å². The molecule has 56 heavy (non-hydrogen) atoms. The zero-order valence-electron chi connectivity index (χ0n) is 30.9. The zero-order valence-corrected chi connectivity index (χ0v) is 30.9. The van der Waals surface area contributed by atoms with E-state index in [4.69, 9.17) is 18.4 Å². The Labute approximate surface area is 321 Å². The van der Waals surface area contributed by atoms with Gasteiger partial charge in [0.1, 0.15) is 5.58 Å². The van der Waals surface area contributed by atoms with E-state index in [0.29, 0.717) is 35.9 Å². The quantitative estimate of drug-likeness (QED) is 0.115. The first-order valence-corrected chi connectivity index (χ1v) is 17.8. The summed E-state index contributed by atoms with van der Waals surface area (Å²) < 4.78 is 22.0. The van der Waals surface area contributed by atoms with Crippen LogP contribution in [0, 0.1) is 6.92 Å². The molecule has 3 aromatic heterocycles. The molecular formula is C43H38N6O7. The van der Waals surface area contributed by atoms with Gasteiger partial charge in [-0.3, -0.25) is 24.3 Å². The number of hydrogen-bond acceptors (Lipinski definition) is 11. The van der Waals surface area contributed by atoms with Crippen LogP contribution in [-0.2, 0) is 19.5 Å². The molecule has 0 radical (unpaired) electrons. The van der Waals surface area contributed by atoms with Gasteiger partial charge < -0.3 is 29.0 Å². The summed E-state index contributed by atoms with van der Waals surface area (Å²) >= 11 is 0. The van der Waals surface area contributed by atoms with Gasteiger partial charge in [0.05, 0.1) is 30.9 Å². The van der Waals surface area contributed by atoms with Crippen LogP contribution in [0.15, 0.2) is 129 Å². The number of fused-ring (bicyclic) bond motifs is 1. The fourth-order valence-corrected chi connectivity index (χ4v) is 6.25. The summed E-state index contributed by atoms with van der Waals surface area (Å²) in [5.74, 6) is 0.209. The SMILES string of the molecule is COc1cc(NC(=O)c2cc(=O)c3ccccc3o2)c(C(=O)Nc2ccc(CCN(Cc3cccnc3)Cc3cccc(-c4nc(C)no4)c3)cc2)cc1OC. The number of anilines is 2. The summed E-state index contributed by atoms with van der Waals surface area (Å²) in [5.41, 5.74) is 4.82. The van der Waals surface area contributed by atoms with Crippen molar-refractivity contribution in [3.05, 3.63) is 160 Å². The van der Waals surface area contributed by atoms with Crippen LogP contribution < -0.4 is 25.5 Å². The third-order valence-corrected chi connectivity index (χ3v) is 9.04. The molecule has 2 N–H and O–H groups in total. The highest BCUT2D eigenvalue weighted by atomic mass is 16.5. The number of pyridine rings is 1. The number of aryl methyl sites for hydroxylation is 1. The Kier molecular flexibility index (Phi) is 11.2. The van der Waals surface area contributed by atoms with Crippen molar-refractivity contribution in [2.75, 3.05) is 31.4 Å². The summed E-state index contributed by atoms with van der Waals surface area (Å²) in [7, 11) is 2.90. The van der Waals surface area contributed by atoms with Gasteiger partial charge in [0.25, 0.3) is 17.7 Å².